The largest absolute Gasteiger partial charge is 0.0776 e. The SMILES string of the molecule is C.C.C.C.C.C.C.S=PP=S. The molecule has 4 heteroatoms. The first-order valence-electron chi connectivity index (χ1n) is 0.565. The average Bonchev–Trinajstić information content (AvgIpc) is 1.37. The van der Waals surface area contributed by atoms with Gasteiger partial charge in [0.25, 0.3) is 0 Å². The van der Waals surface area contributed by atoms with Gasteiger partial charge in [-0.15, -0.1) is 0 Å². The standard InChI is InChI=1S/7CH4.P2S2/c;;;;;;;3-1-2-4/h7*1H4;. The van der Waals surface area contributed by atoms with E-state index in [9.17, 15) is 0 Å². The minimum Gasteiger partial charge on any atom is -0.0776 e. The van der Waals surface area contributed by atoms with E-state index in [1.807, 2.05) is 0 Å². The summed E-state index contributed by atoms with van der Waals surface area (Å²) < 4.78 is 0. The topological polar surface area (TPSA) is 0 Å². The van der Waals surface area contributed by atoms with Crippen LogP contribution in [0.5, 0.6) is 0 Å². The lowest BCUT2D eigenvalue weighted by atomic mass is 12.0. The van der Waals surface area contributed by atoms with Crippen molar-refractivity contribution in [1.29, 1.82) is 0 Å². The third-order valence-electron chi connectivity index (χ3n) is 0.0333. The molecule has 0 heterocycles. The van der Waals surface area contributed by atoms with Gasteiger partial charge in [-0.3, -0.25) is 0 Å². The van der Waals surface area contributed by atoms with Crippen molar-refractivity contribution in [3.63, 3.8) is 0 Å². The summed E-state index contributed by atoms with van der Waals surface area (Å²) in [6.07, 6.45) is 0. The van der Waals surface area contributed by atoms with Crippen molar-refractivity contribution in [2.45, 2.75) is 52.0 Å². The molecule has 0 bridgehead atoms. The van der Waals surface area contributed by atoms with Gasteiger partial charge in [-0.1, -0.05) is 52.0 Å². The molecular formula is C7H28P2S2. The summed E-state index contributed by atoms with van der Waals surface area (Å²) in [7, 11) is 1.74. The van der Waals surface area contributed by atoms with Gasteiger partial charge in [0.1, 0.15) is 0 Å². The molecule has 0 aliphatic carbocycles. The molecular weight excluding hydrogens is 210 g/mol. The predicted molar refractivity (Wildman–Crippen MR) is 75.7 cm³/mol. The maximum absolute atomic E-state index is 4.41. The Morgan fingerprint density at radius 3 is 0.545 bits per heavy atom. The van der Waals surface area contributed by atoms with E-state index in [1.54, 1.807) is 0 Å². The van der Waals surface area contributed by atoms with E-state index in [-0.39, 0.29) is 52.0 Å². The van der Waals surface area contributed by atoms with Crippen LogP contribution in [-0.4, -0.2) is 0 Å². The third-order valence-corrected chi connectivity index (χ3v) is 2.70. The van der Waals surface area contributed by atoms with Crippen LogP contribution in [0.3, 0.4) is 0 Å². The van der Waals surface area contributed by atoms with Crippen LogP contribution in [0.15, 0.2) is 0 Å². The van der Waals surface area contributed by atoms with E-state index < -0.39 is 0 Å². The Balaban J connectivity index is -0.00000000214. The van der Waals surface area contributed by atoms with Crippen LogP contribution >= 0.6 is 14.1 Å². The van der Waals surface area contributed by atoms with Crippen molar-refractivity contribution >= 4 is 37.7 Å². The average molecular weight is 238 g/mol. The Morgan fingerprint density at radius 2 is 0.545 bits per heavy atom. The minimum absolute atomic E-state index is 0. The molecule has 0 fully saturated rings. The number of rotatable bonds is 1. The van der Waals surface area contributed by atoms with Crippen molar-refractivity contribution in [3.8, 4) is 0 Å². The molecule has 0 saturated carbocycles. The van der Waals surface area contributed by atoms with Gasteiger partial charge in [0.15, 0.2) is 0 Å². The van der Waals surface area contributed by atoms with Gasteiger partial charge in [0.05, 0.1) is 0 Å². The molecule has 0 aromatic heterocycles. The zero-order valence-electron chi connectivity index (χ0n) is 1.71. The lowest BCUT2D eigenvalue weighted by Crippen LogP contribution is -0.780. The van der Waals surface area contributed by atoms with Crippen molar-refractivity contribution < 1.29 is 0 Å². The zero-order chi connectivity index (χ0) is 3.41. The lowest BCUT2D eigenvalue weighted by Gasteiger charge is -1.34. The van der Waals surface area contributed by atoms with Crippen molar-refractivity contribution in [2.75, 3.05) is 0 Å². The fourth-order valence-corrected chi connectivity index (χ4v) is 0. The first-order chi connectivity index (χ1) is 1.91. The Hall–Kier alpha value is 1.04. The minimum atomic E-state index is 0. The van der Waals surface area contributed by atoms with Gasteiger partial charge < -0.3 is 0 Å². The Bertz CT molecular complexity index is 35.4. The third kappa shape index (κ3) is 217. The quantitative estimate of drug-likeness (QED) is 0.501. The maximum Gasteiger partial charge on any atom is 0.0464 e. The van der Waals surface area contributed by atoms with Crippen LogP contribution in [0.2, 0.25) is 0 Å². The highest BCUT2D eigenvalue weighted by Gasteiger charge is 1.39. The molecule has 0 radical (unpaired) electrons. The summed E-state index contributed by atoms with van der Waals surface area (Å²) >= 11 is 8.82. The van der Waals surface area contributed by atoms with Crippen molar-refractivity contribution in [3.05, 3.63) is 0 Å². The molecule has 0 atom stereocenters. The molecule has 0 rings (SSSR count). The summed E-state index contributed by atoms with van der Waals surface area (Å²) in [6, 6.07) is 0. The fourth-order valence-electron chi connectivity index (χ4n) is 0. The van der Waals surface area contributed by atoms with Gasteiger partial charge in [-0.25, -0.2) is 0 Å². The van der Waals surface area contributed by atoms with Gasteiger partial charge in [0.2, 0.25) is 0 Å². The van der Waals surface area contributed by atoms with E-state index in [0.717, 1.165) is 14.1 Å². The molecule has 0 aromatic rings. The first kappa shape index (κ1) is 89.9. The highest BCUT2D eigenvalue weighted by Crippen LogP contribution is 2.10. The highest BCUT2D eigenvalue weighted by molar-refractivity contribution is 8.40. The summed E-state index contributed by atoms with van der Waals surface area (Å²) in [5, 5.41) is 0. The Kier molecular flexibility index (Phi) is 984. The smallest absolute Gasteiger partial charge is 0.0464 e. The van der Waals surface area contributed by atoms with Crippen LogP contribution < -0.4 is 0 Å². The number of hydrogen-bond acceptors (Lipinski definition) is 2. The fraction of sp³-hybridized carbons (Fsp3) is 1.00. The van der Waals surface area contributed by atoms with Gasteiger partial charge in [-0.2, -0.15) is 0 Å². The van der Waals surface area contributed by atoms with Crippen LogP contribution in [0.4, 0.5) is 0 Å². The molecule has 0 N–H and O–H groups in total. The van der Waals surface area contributed by atoms with Gasteiger partial charge >= 0.3 is 0 Å². The van der Waals surface area contributed by atoms with E-state index in [2.05, 4.69) is 23.6 Å². The van der Waals surface area contributed by atoms with E-state index in [0.29, 0.717) is 0 Å². The molecule has 0 aliphatic heterocycles. The maximum atomic E-state index is 4.41. The second-order valence-corrected chi connectivity index (χ2v) is 4.41. The molecule has 11 heavy (non-hydrogen) atoms. The molecule has 0 amide bonds. The zero-order valence-corrected chi connectivity index (χ0v) is 5.13. The van der Waals surface area contributed by atoms with Gasteiger partial charge in [0, 0.05) is 14.1 Å². The second kappa shape index (κ2) is 120. The molecule has 0 aromatic carbocycles. The predicted octanol–water partition coefficient (Wildman–Crippen LogP) is 6.17. The van der Waals surface area contributed by atoms with Crippen molar-refractivity contribution in [2.24, 2.45) is 0 Å². The summed E-state index contributed by atoms with van der Waals surface area (Å²) in [4.78, 5) is 0. The van der Waals surface area contributed by atoms with E-state index in [1.165, 1.54) is 0 Å². The molecule has 0 saturated heterocycles. The van der Waals surface area contributed by atoms with E-state index in [4.69, 9.17) is 0 Å². The lowest BCUT2D eigenvalue weighted by molar-refractivity contribution is 2.50. The molecule has 0 aliphatic rings. The monoisotopic (exact) mass is 238 g/mol. The van der Waals surface area contributed by atoms with Crippen LogP contribution in [0.25, 0.3) is 0 Å². The van der Waals surface area contributed by atoms with Crippen LogP contribution in [-0.2, 0) is 23.6 Å². The molecule has 0 spiro atoms. The molecule has 78 valence electrons. The normalized spacial score (nSPS) is 3.27. The van der Waals surface area contributed by atoms with Gasteiger partial charge in [-0.05, 0) is 23.6 Å². The van der Waals surface area contributed by atoms with E-state index >= 15 is 0 Å². The second-order valence-electron chi connectivity index (χ2n) is 0.163. The first-order valence-corrected chi connectivity index (χ1v) is 5.09. The summed E-state index contributed by atoms with van der Waals surface area (Å²) in [5.41, 5.74) is 0. The summed E-state index contributed by atoms with van der Waals surface area (Å²) in [5.74, 6) is 0. The molecule has 0 unspecified atom stereocenters. The summed E-state index contributed by atoms with van der Waals surface area (Å²) in [6.45, 7) is 0. The number of hydrogen-bond donors (Lipinski definition) is 0. The van der Waals surface area contributed by atoms with Crippen LogP contribution in [0, 0.1) is 0 Å². The Labute approximate surface area is 89.8 Å². The highest BCUT2D eigenvalue weighted by atomic mass is 32.7. The van der Waals surface area contributed by atoms with Crippen molar-refractivity contribution in [1.82, 2.24) is 0 Å². The van der Waals surface area contributed by atoms with Crippen LogP contribution in [0.1, 0.15) is 52.0 Å². The Morgan fingerprint density at radius 1 is 0.455 bits per heavy atom. The molecule has 0 nitrogen and oxygen atoms in total.